The molecule has 0 spiro atoms. The van der Waals surface area contributed by atoms with Crippen LogP contribution in [0.3, 0.4) is 0 Å². The number of para-hydroxylation sites is 1. The number of methoxy groups -OCH3 is 2. The van der Waals surface area contributed by atoms with Crippen LogP contribution in [0.1, 0.15) is 40.7 Å². The van der Waals surface area contributed by atoms with Gasteiger partial charge < -0.3 is 18.8 Å². The van der Waals surface area contributed by atoms with Crippen molar-refractivity contribution in [2.75, 3.05) is 20.8 Å². The molecule has 0 aliphatic carbocycles. The highest BCUT2D eigenvalue weighted by Gasteiger charge is 2.16. The zero-order valence-corrected chi connectivity index (χ0v) is 17.1. The summed E-state index contributed by atoms with van der Waals surface area (Å²) in [5.41, 5.74) is 3.20. The van der Waals surface area contributed by atoms with Crippen LogP contribution in [0.2, 0.25) is 0 Å². The van der Waals surface area contributed by atoms with E-state index in [4.69, 9.17) is 14.2 Å². The number of carbonyl (C=O) groups excluding carboxylic acids is 2. The first-order valence-electron chi connectivity index (χ1n) is 9.18. The molecule has 28 heavy (non-hydrogen) atoms. The van der Waals surface area contributed by atoms with E-state index in [9.17, 15) is 9.59 Å². The molecule has 1 heterocycles. The van der Waals surface area contributed by atoms with Crippen molar-refractivity contribution in [3.8, 4) is 11.5 Å². The van der Waals surface area contributed by atoms with Gasteiger partial charge in [-0.2, -0.15) is 0 Å². The average Bonchev–Trinajstić information content (AvgIpc) is 2.98. The first-order chi connectivity index (χ1) is 13.4. The molecular formula is C22H27NO5. The van der Waals surface area contributed by atoms with Gasteiger partial charge in [0, 0.05) is 35.1 Å². The van der Waals surface area contributed by atoms with Crippen molar-refractivity contribution in [1.29, 1.82) is 0 Å². The third kappa shape index (κ3) is 4.82. The number of aromatic nitrogens is 1. The monoisotopic (exact) mass is 385 g/mol. The number of nitrogens with zero attached hydrogens (tertiary/aromatic N) is 1. The molecule has 0 atom stereocenters. The van der Waals surface area contributed by atoms with Gasteiger partial charge in [0.25, 0.3) is 0 Å². The van der Waals surface area contributed by atoms with Crippen molar-refractivity contribution >= 4 is 17.8 Å². The number of aryl methyl sites for hydroxylation is 1. The molecule has 0 aliphatic heterocycles. The predicted molar refractivity (Wildman–Crippen MR) is 108 cm³/mol. The Kier molecular flexibility index (Phi) is 7.44. The second-order valence-electron chi connectivity index (χ2n) is 6.38. The van der Waals surface area contributed by atoms with Crippen molar-refractivity contribution in [2.24, 2.45) is 0 Å². The number of esters is 1. The van der Waals surface area contributed by atoms with E-state index < -0.39 is 5.97 Å². The SMILES string of the molecule is CCCn1c(C)cc(C(=O)COC(=O)/C=C/c2cccc(OC)c2OC)c1C. The second-order valence-corrected chi connectivity index (χ2v) is 6.38. The lowest BCUT2D eigenvalue weighted by molar-refractivity contribution is -0.136. The molecule has 2 aromatic rings. The highest BCUT2D eigenvalue weighted by molar-refractivity contribution is 6.00. The maximum Gasteiger partial charge on any atom is 0.331 e. The molecular weight excluding hydrogens is 358 g/mol. The van der Waals surface area contributed by atoms with Crippen molar-refractivity contribution in [3.63, 3.8) is 0 Å². The van der Waals surface area contributed by atoms with E-state index in [1.54, 1.807) is 31.4 Å². The zero-order chi connectivity index (χ0) is 20.7. The van der Waals surface area contributed by atoms with Gasteiger partial charge in [-0.1, -0.05) is 19.1 Å². The minimum Gasteiger partial charge on any atom is -0.493 e. The van der Waals surface area contributed by atoms with Gasteiger partial charge >= 0.3 is 5.97 Å². The van der Waals surface area contributed by atoms with Crippen molar-refractivity contribution in [1.82, 2.24) is 4.57 Å². The minimum absolute atomic E-state index is 0.212. The lowest BCUT2D eigenvalue weighted by Gasteiger charge is -2.09. The number of carbonyl (C=O) groups is 2. The second kappa shape index (κ2) is 9.78. The van der Waals surface area contributed by atoms with Crippen LogP contribution in [0.5, 0.6) is 11.5 Å². The Morgan fingerprint density at radius 1 is 1.14 bits per heavy atom. The van der Waals surface area contributed by atoms with Crippen LogP contribution >= 0.6 is 0 Å². The highest BCUT2D eigenvalue weighted by Crippen LogP contribution is 2.31. The van der Waals surface area contributed by atoms with Gasteiger partial charge in [0.2, 0.25) is 5.78 Å². The van der Waals surface area contributed by atoms with Gasteiger partial charge in [0.1, 0.15) is 0 Å². The topological polar surface area (TPSA) is 66.8 Å². The van der Waals surface area contributed by atoms with E-state index in [0.717, 1.165) is 24.4 Å². The molecule has 6 nitrogen and oxygen atoms in total. The Morgan fingerprint density at radius 2 is 1.89 bits per heavy atom. The number of rotatable bonds is 9. The number of hydrogen-bond donors (Lipinski definition) is 0. The molecule has 0 N–H and O–H groups in total. The highest BCUT2D eigenvalue weighted by atomic mass is 16.5. The van der Waals surface area contributed by atoms with E-state index in [1.165, 1.54) is 13.2 Å². The molecule has 0 unspecified atom stereocenters. The van der Waals surface area contributed by atoms with Crippen LogP contribution in [-0.4, -0.2) is 37.1 Å². The number of Topliss-reactive ketones (excluding diaryl/α,β-unsaturated/α-hetero) is 1. The summed E-state index contributed by atoms with van der Waals surface area (Å²) in [5, 5.41) is 0. The van der Waals surface area contributed by atoms with E-state index in [2.05, 4.69) is 11.5 Å². The van der Waals surface area contributed by atoms with Crippen molar-refractivity contribution in [2.45, 2.75) is 33.7 Å². The van der Waals surface area contributed by atoms with Crippen molar-refractivity contribution in [3.05, 3.63) is 52.9 Å². The van der Waals surface area contributed by atoms with Gasteiger partial charge in [-0.3, -0.25) is 4.79 Å². The fourth-order valence-corrected chi connectivity index (χ4v) is 3.11. The maximum atomic E-state index is 12.4. The number of hydrogen-bond acceptors (Lipinski definition) is 5. The number of ketones is 1. The molecule has 0 radical (unpaired) electrons. The standard InChI is InChI=1S/C22H27NO5/c1-6-12-23-15(2)13-18(16(23)3)19(24)14-28-21(25)11-10-17-8-7-9-20(26-4)22(17)27-5/h7-11,13H,6,12,14H2,1-5H3/b11-10+. The molecule has 6 heteroatoms. The maximum absolute atomic E-state index is 12.4. The van der Waals surface area contributed by atoms with Crippen LogP contribution in [0.25, 0.3) is 6.08 Å². The third-order valence-electron chi connectivity index (χ3n) is 4.50. The Labute approximate surface area is 165 Å². The summed E-state index contributed by atoms with van der Waals surface area (Å²) in [5.74, 6) is 0.279. The van der Waals surface area contributed by atoms with E-state index >= 15 is 0 Å². The molecule has 0 aliphatic rings. The average molecular weight is 385 g/mol. The summed E-state index contributed by atoms with van der Waals surface area (Å²) in [7, 11) is 3.07. The summed E-state index contributed by atoms with van der Waals surface area (Å²) in [6.45, 7) is 6.53. The fraction of sp³-hybridized carbons (Fsp3) is 0.364. The summed E-state index contributed by atoms with van der Waals surface area (Å²) < 4.78 is 17.8. The molecule has 0 amide bonds. The summed E-state index contributed by atoms with van der Waals surface area (Å²) >= 11 is 0. The first-order valence-corrected chi connectivity index (χ1v) is 9.18. The number of benzene rings is 1. The molecule has 1 aromatic heterocycles. The van der Waals surface area contributed by atoms with Gasteiger partial charge in [-0.05, 0) is 38.5 Å². The third-order valence-corrected chi connectivity index (χ3v) is 4.50. The van der Waals surface area contributed by atoms with Gasteiger partial charge in [0.15, 0.2) is 18.1 Å². The molecule has 0 bridgehead atoms. The summed E-state index contributed by atoms with van der Waals surface area (Å²) in [6.07, 6.45) is 3.82. The van der Waals surface area contributed by atoms with Crippen molar-refractivity contribution < 1.29 is 23.8 Å². The van der Waals surface area contributed by atoms with E-state index in [0.29, 0.717) is 22.6 Å². The quantitative estimate of drug-likeness (QED) is 0.371. The van der Waals surface area contributed by atoms with Crippen LogP contribution in [-0.2, 0) is 16.1 Å². The normalized spacial score (nSPS) is 10.9. The van der Waals surface area contributed by atoms with Gasteiger partial charge in [0.05, 0.1) is 14.2 Å². The van der Waals surface area contributed by atoms with Crippen LogP contribution in [0.4, 0.5) is 0 Å². The Balaban J connectivity index is 2.02. The molecule has 1 aromatic carbocycles. The summed E-state index contributed by atoms with van der Waals surface area (Å²) in [4.78, 5) is 24.5. The molecule has 0 saturated carbocycles. The first kappa shape index (κ1) is 21.3. The minimum atomic E-state index is -0.597. The summed E-state index contributed by atoms with van der Waals surface area (Å²) in [6, 6.07) is 7.20. The molecule has 150 valence electrons. The largest absolute Gasteiger partial charge is 0.493 e. The van der Waals surface area contributed by atoms with Crippen LogP contribution < -0.4 is 9.47 Å². The van der Waals surface area contributed by atoms with Crippen LogP contribution in [0.15, 0.2) is 30.3 Å². The predicted octanol–water partition coefficient (Wildman–Crippen LogP) is 3.97. The Hall–Kier alpha value is -3.02. The lowest BCUT2D eigenvalue weighted by atomic mass is 10.1. The zero-order valence-electron chi connectivity index (χ0n) is 17.1. The Morgan fingerprint density at radius 3 is 2.54 bits per heavy atom. The van der Waals surface area contributed by atoms with E-state index in [1.807, 2.05) is 19.9 Å². The lowest BCUT2D eigenvalue weighted by Crippen LogP contribution is -2.13. The molecule has 0 saturated heterocycles. The van der Waals surface area contributed by atoms with E-state index in [-0.39, 0.29) is 12.4 Å². The van der Waals surface area contributed by atoms with Crippen LogP contribution in [0, 0.1) is 13.8 Å². The smallest absolute Gasteiger partial charge is 0.331 e. The fourth-order valence-electron chi connectivity index (χ4n) is 3.11. The molecule has 2 rings (SSSR count). The van der Waals surface area contributed by atoms with Gasteiger partial charge in [-0.25, -0.2) is 4.79 Å². The molecule has 0 fully saturated rings. The number of ether oxygens (including phenoxy) is 3. The Bertz CT molecular complexity index is 879. The van der Waals surface area contributed by atoms with Gasteiger partial charge in [-0.15, -0.1) is 0 Å².